The minimum absolute atomic E-state index is 0.100. The van der Waals surface area contributed by atoms with E-state index in [9.17, 15) is 13.2 Å². The van der Waals surface area contributed by atoms with Gasteiger partial charge in [0.15, 0.2) is 9.84 Å². The lowest BCUT2D eigenvalue weighted by molar-refractivity contribution is 0.0764. The largest absolute Gasteiger partial charge is 0.330 e. The topological polar surface area (TPSA) is 54.5 Å². The van der Waals surface area contributed by atoms with Crippen LogP contribution in [0.3, 0.4) is 0 Å². The first kappa shape index (κ1) is 20.0. The summed E-state index contributed by atoms with van der Waals surface area (Å²) < 4.78 is 25.0. The Balaban J connectivity index is 1.73. The standard InChI is InChI=1S/C22H21NO3S2/c1-2-14-23(16-20-7-6-15-27-20)22(24)19-12-10-18(11-13-19)17-28(25,26)21-8-4-3-5-9-21/h2-13,15H,1,14,16-17H2. The van der Waals surface area contributed by atoms with E-state index in [-0.39, 0.29) is 11.7 Å². The summed E-state index contributed by atoms with van der Waals surface area (Å²) in [5, 5.41) is 1.98. The van der Waals surface area contributed by atoms with Gasteiger partial charge < -0.3 is 4.90 Å². The van der Waals surface area contributed by atoms with Crippen LogP contribution in [0.2, 0.25) is 0 Å². The lowest BCUT2D eigenvalue weighted by Gasteiger charge is -2.20. The van der Waals surface area contributed by atoms with E-state index >= 15 is 0 Å². The molecule has 0 aliphatic carbocycles. The third-order valence-corrected chi connectivity index (χ3v) is 6.79. The molecule has 0 fully saturated rings. The molecule has 1 aromatic heterocycles. The van der Waals surface area contributed by atoms with Crippen molar-refractivity contribution in [3.63, 3.8) is 0 Å². The molecule has 1 amide bonds. The molecule has 0 spiro atoms. The summed E-state index contributed by atoms with van der Waals surface area (Å²) in [6, 6.07) is 19.1. The number of rotatable bonds is 8. The fourth-order valence-electron chi connectivity index (χ4n) is 2.82. The number of hydrogen-bond acceptors (Lipinski definition) is 4. The van der Waals surface area contributed by atoms with Crippen LogP contribution in [0.1, 0.15) is 20.8 Å². The summed E-state index contributed by atoms with van der Waals surface area (Å²) in [6.45, 7) is 4.70. The number of benzene rings is 2. The van der Waals surface area contributed by atoms with Crippen LogP contribution in [0, 0.1) is 0 Å². The Bertz CT molecular complexity index is 1030. The molecule has 4 nitrogen and oxygen atoms in total. The van der Waals surface area contributed by atoms with E-state index in [1.54, 1.807) is 76.9 Å². The third kappa shape index (κ3) is 4.97. The van der Waals surface area contributed by atoms with E-state index < -0.39 is 9.84 Å². The number of carbonyl (C=O) groups is 1. The third-order valence-electron chi connectivity index (χ3n) is 4.22. The maximum Gasteiger partial charge on any atom is 0.254 e. The van der Waals surface area contributed by atoms with E-state index in [4.69, 9.17) is 0 Å². The van der Waals surface area contributed by atoms with Crippen molar-refractivity contribution < 1.29 is 13.2 Å². The molecule has 3 rings (SSSR count). The van der Waals surface area contributed by atoms with Gasteiger partial charge in [0.25, 0.3) is 5.91 Å². The monoisotopic (exact) mass is 411 g/mol. The van der Waals surface area contributed by atoms with Gasteiger partial charge in [-0.2, -0.15) is 0 Å². The Labute approximate surface area is 169 Å². The van der Waals surface area contributed by atoms with Gasteiger partial charge in [-0.05, 0) is 41.3 Å². The molecule has 6 heteroatoms. The van der Waals surface area contributed by atoms with Crippen LogP contribution in [-0.2, 0) is 22.1 Å². The number of carbonyl (C=O) groups excluding carboxylic acids is 1. The number of amides is 1. The van der Waals surface area contributed by atoms with Gasteiger partial charge in [-0.3, -0.25) is 4.79 Å². The Morgan fingerprint density at radius 2 is 1.71 bits per heavy atom. The lowest BCUT2D eigenvalue weighted by atomic mass is 10.1. The van der Waals surface area contributed by atoms with Crippen molar-refractivity contribution in [2.75, 3.05) is 6.54 Å². The van der Waals surface area contributed by atoms with E-state index in [1.165, 1.54) is 0 Å². The Morgan fingerprint density at radius 3 is 2.32 bits per heavy atom. The van der Waals surface area contributed by atoms with Gasteiger partial charge >= 0.3 is 0 Å². The highest BCUT2D eigenvalue weighted by Crippen LogP contribution is 2.18. The van der Waals surface area contributed by atoms with Crippen LogP contribution in [0.25, 0.3) is 0 Å². The quantitative estimate of drug-likeness (QED) is 0.511. The normalized spacial score (nSPS) is 11.1. The molecule has 0 aliphatic rings. The second kappa shape index (κ2) is 8.99. The highest BCUT2D eigenvalue weighted by molar-refractivity contribution is 7.90. The molecule has 3 aromatic rings. The second-order valence-corrected chi connectivity index (χ2v) is 9.34. The van der Waals surface area contributed by atoms with Crippen LogP contribution in [0.15, 0.2) is 89.7 Å². The van der Waals surface area contributed by atoms with Crippen molar-refractivity contribution in [3.8, 4) is 0 Å². The Hall–Kier alpha value is -2.70. The van der Waals surface area contributed by atoms with Crippen LogP contribution >= 0.6 is 11.3 Å². The van der Waals surface area contributed by atoms with Crippen LogP contribution in [0.5, 0.6) is 0 Å². The molecule has 0 N–H and O–H groups in total. The number of thiophene rings is 1. The second-order valence-electron chi connectivity index (χ2n) is 6.32. The van der Waals surface area contributed by atoms with Gasteiger partial charge in [-0.15, -0.1) is 17.9 Å². The maximum absolute atomic E-state index is 12.8. The Kier molecular flexibility index (Phi) is 6.44. The summed E-state index contributed by atoms with van der Waals surface area (Å²) >= 11 is 1.60. The minimum atomic E-state index is -3.41. The highest BCUT2D eigenvalue weighted by atomic mass is 32.2. The molecular weight excluding hydrogens is 390 g/mol. The van der Waals surface area contributed by atoms with Crippen molar-refractivity contribution in [2.45, 2.75) is 17.2 Å². The molecule has 1 heterocycles. The molecule has 0 bridgehead atoms. The first-order chi connectivity index (χ1) is 13.5. The summed E-state index contributed by atoms with van der Waals surface area (Å²) in [5.74, 6) is -0.206. The van der Waals surface area contributed by atoms with Crippen LogP contribution in [0.4, 0.5) is 0 Å². The van der Waals surface area contributed by atoms with E-state index in [0.717, 1.165) is 4.88 Å². The predicted octanol–water partition coefficient (Wildman–Crippen LogP) is 4.55. The summed E-state index contributed by atoms with van der Waals surface area (Å²) in [7, 11) is -3.41. The molecule has 0 aliphatic heterocycles. The van der Waals surface area contributed by atoms with Gasteiger partial charge in [-0.25, -0.2) is 8.42 Å². The first-order valence-electron chi connectivity index (χ1n) is 8.79. The minimum Gasteiger partial charge on any atom is -0.330 e. The van der Waals surface area contributed by atoms with Crippen molar-refractivity contribution in [2.24, 2.45) is 0 Å². The molecule has 0 saturated carbocycles. The molecule has 2 aromatic carbocycles. The molecule has 0 atom stereocenters. The molecule has 144 valence electrons. The zero-order valence-corrected chi connectivity index (χ0v) is 17.0. The van der Waals surface area contributed by atoms with E-state index in [2.05, 4.69) is 6.58 Å². The average molecular weight is 412 g/mol. The fraction of sp³-hybridized carbons (Fsp3) is 0.136. The molecule has 0 radical (unpaired) electrons. The lowest BCUT2D eigenvalue weighted by Crippen LogP contribution is -2.30. The summed E-state index contributed by atoms with van der Waals surface area (Å²) in [5.41, 5.74) is 1.17. The fourth-order valence-corrected chi connectivity index (χ4v) is 4.91. The van der Waals surface area contributed by atoms with Crippen LogP contribution in [-0.4, -0.2) is 25.8 Å². The predicted molar refractivity (Wildman–Crippen MR) is 113 cm³/mol. The van der Waals surface area contributed by atoms with Gasteiger partial charge in [0.2, 0.25) is 0 Å². The van der Waals surface area contributed by atoms with Gasteiger partial charge in [0.05, 0.1) is 17.2 Å². The maximum atomic E-state index is 12.8. The smallest absolute Gasteiger partial charge is 0.254 e. The summed E-state index contributed by atoms with van der Waals surface area (Å²) in [6.07, 6.45) is 1.70. The highest BCUT2D eigenvalue weighted by Gasteiger charge is 2.18. The molecule has 0 unspecified atom stereocenters. The molecule has 28 heavy (non-hydrogen) atoms. The Morgan fingerprint density at radius 1 is 1.00 bits per heavy atom. The first-order valence-corrected chi connectivity index (χ1v) is 11.3. The SMILES string of the molecule is C=CCN(Cc1cccs1)C(=O)c1ccc(CS(=O)(=O)c2ccccc2)cc1. The van der Waals surface area contributed by atoms with E-state index in [1.807, 2.05) is 17.5 Å². The average Bonchev–Trinajstić information content (AvgIpc) is 3.21. The van der Waals surface area contributed by atoms with Gasteiger partial charge in [0.1, 0.15) is 0 Å². The van der Waals surface area contributed by atoms with Crippen molar-refractivity contribution >= 4 is 27.1 Å². The van der Waals surface area contributed by atoms with Gasteiger partial charge in [-0.1, -0.05) is 42.5 Å². The van der Waals surface area contributed by atoms with Gasteiger partial charge in [0, 0.05) is 17.0 Å². The molecule has 0 saturated heterocycles. The summed E-state index contributed by atoms with van der Waals surface area (Å²) in [4.78, 5) is 16.0. The number of sulfone groups is 1. The van der Waals surface area contributed by atoms with Crippen LogP contribution < -0.4 is 0 Å². The number of hydrogen-bond donors (Lipinski definition) is 0. The zero-order chi connectivity index (χ0) is 20.0. The molecular formula is C22H21NO3S2. The van der Waals surface area contributed by atoms with Crippen molar-refractivity contribution in [3.05, 3.63) is 101 Å². The van der Waals surface area contributed by atoms with E-state index in [0.29, 0.717) is 29.1 Å². The zero-order valence-electron chi connectivity index (χ0n) is 15.3. The van der Waals surface area contributed by atoms with Crippen molar-refractivity contribution in [1.82, 2.24) is 4.90 Å². The number of nitrogens with zero attached hydrogens (tertiary/aromatic N) is 1. The van der Waals surface area contributed by atoms with Crippen molar-refractivity contribution in [1.29, 1.82) is 0 Å².